The number of nitrogens with zero attached hydrogens (tertiary/aromatic N) is 1. The molecule has 2 N–H and O–H groups in total. The lowest BCUT2D eigenvalue weighted by molar-refractivity contribution is 0.0901. The van der Waals surface area contributed by atoms with Gasteiger partial charge in [-0.05, 0) is 24.1 Å². The highest BCUT2D eigenvalue weighted by molar-refractivity contribution is 5.26. The van der Waals surface area contributed by atoms with Crippen molar-refractivity contribution < 1.29 is 4.74 Å². The fourth-order valence-corrected chi connectivity index (χ4v) is 1.82. The Hall–Kier alpha value is -0.900. The van der Waals surface area contributed by atoms with Gasteiger partial charge in [0.1, 0.15) is 0 Å². The van der Waals surface area contributed by atoms with E-state index < -0.39 is 0 Å². The van der Waals surface area contributed by atoms with Crippen LogP contribution in [0.15, 0.2) is 24.3 Å². The molecule has 0 aliphatic rings. The van der Waals surface area contributed by atoms with Gasteiger partial charge >= 0.3 is 0 Å². The summed E-state index contributed by atoms with van der Waals surface area (Å²) in [6.45, 7) is 8.45. The van der Waals surface area contributed by atoms with Crippen LogP contribution < -0.4 is 5.73 Å². The standard InChI is InChI=1S/C15H26N2O/c1-13(2)12-18-9-8-17(3)11-15-7-5-4-6-14(15)10-16/h4-7,13H,8-12,16H2,1-3H3. The normalized spacial score (nSPS) is 11.4. The highest BCUT2D eigenvalue weighted by atomic mass is 16.5. The van der Waals surface area contributed by atoms with Crippen LogP contribution in [0, 0.1) is 5.92 Å². The van der Waals surface area contributed by atoms with Gasteiger partial charge in [0, 0.05) is 26.2 Å². The van der Waals surface area contributed by atoms with Crippen LogP contribution in [0.2, 0.25) is 0 Å². The van der Waals surface area contributed by atoms with Gasteiger partial charge in [0.2, 0.25) is 0 Å². The molecule has 0 fully saturated rings. The van der Waals surface area contributed by atoms with E-state index in [4.69, 9.17) is 10.5 Å². The first kappa shape index (κ1) is 15.2. The Balaban J connectivity index is 2.33. The minimum atomic E-state index is 0.605. The van der Waals surface area contributed by atoms with E-state index in [0.717, 1.165) is 26.3 Å². The van der Waals surface area contributed by atoms with Gasteiger partial charge in [0.15, 0.2) is 0 Å². The third-order valence-corrected chi connectivity index (χ3v) is 2.85. The zero-order chi connectivity index (χ0) is 13.4. The van der Waals surface area contributed by atoms with E-state index in [9.17, 15) is 0 Å². The van der Waals surface area contributed by atoms with Crippen LogP contribution in [0.3, 0.4) is 0 Å². The maximum absolute atomic E-state index is 5.74. The smallest absolute Gasteiger partial charge is 0.0593 e. The molecule has 0 atom stereocenters. The molecule has 18 heavy (non-hydrogen) atoms. The highest BCUT2D eigenvalue weighted by Crippen LogP contribution is 2.10. The first-order valence-corrected chi connectivity index (χ1v) is 6.66. The van der Waals surface area contributed by atoms with Gasteiger partial charge in [-0.3, -0.25) is 4.90 Å². The molecule has 0 bridgehead atoms. The van der Waals surface area contributed by atoms with E-state index in [2.05, 4.69) is 44.0 Å². The molecule has 1 rings (SSSR count). The molecule has 0 aliphatic carbocycles. The molecule has 1 aromatic carbocycles. The summed E-state index contributed by atoms with van der Waals surface area (Å²) in [5.41, 5.74) is 8.28. The molecule has 0 spiro atoms. The minimum absolute atomic E-state index is 0.605. The third-order valence-electron chi connectivity index (χ3n) is 2.85. The molecule has 102 valence electrons. The molecule has 0 aromatic heterocycles. The summed E-state index contributed by atoms with van der Waals surface area (Å²) in [7, 11) is 2.12. The van der Waals surface area contributed by atoms with Crippen LogP contribution in [-0.4, -0.2) is 31.7 Å². The van der Waals surface area contributed by atoms with Gasteiger partial charge < -0.3 is 10.5 Å². The lowest BCUT2D eigenvalue weighted by atomic mass is 10.1. The number of benzene rings is 1. The van der Waals surface area contributed by atoms with Crippen LogP contribution in [0.4, 0.5) is 0 Å². The maximum atomic E-state index is 5.74. The fourth-order valence-electron chi connectivity index (χ4n) is 1.82. The third kappa shape index (κ3) is 5.63. The van der Waals surface area contributed by atoms with Gasteiger partial charge in [-0.25, -0.2) is 0 Å². The molecule has 3 nitrogen and oxygen atoms in total. The Bertz CT molecular complexity index is 339. The average molecular weight is 250 g/mol. The average Bonchev–Trinajstić information content (AvgIpc) is 2.35. The largest absolute Gasteiger partial charge is 0.380 e. The minimum Gasteiger partial charge on any atom is -0.380 e. The van der Waals surface area contributed by atoms with Gasteiger partial charge in [-0.2, -0.15) is 0 Å². The second kappa shape index (κ2) is 8.25. The fraction of sp³-hybridized carbons (Fsp3) is 0.600. The van der Waals surface area contributed by atoms with E-state index >= 15 is 0 Å². The first-order valence-electron chi connectivity index (χ1n) is 6.66. The summed E-state index contributed by atoms with van der Waals surface area (Å²) in [6, 6.07) is 8.35. The van der Waals surface area contributed by atoms with Crippen LogP contribution in [0.1, 0.15) is 25.0 Å². The first-order chi connectivity index (χ1) is 8.63. The lowest BCUT2D eigenvalue weighted by Crippen LogP contribution is -2.24. The summed E-state index contributed by atoms with van der Waals surface area (Å²) in [5.74, 6) is 0.605. The number of rotatable bonds is 8. The zero-order valence-corrected chi connectivity index (χ0v) is 11.9. The van der Waals surface area contributed by atoms with Crippen LogP contribution >= 0.6 is 0 Å². The predicted octanol–water partition coefficient (Wildman–Crippen LogP) is 2.25. The van der Waals surface area contributed by atoms with Crippen molar-refractivity contribution in [2.24, 2.45) is 11.7 Å². The van der Waals surface area contributed by atoms with E-state index in [1.165, 1.54) is 11.1 Å². The predicted molar refractivity (Wildman–Crippen MR) is 76.3 cm³/mol. The maximum Gasteiger partial charge on any atom is 0.0593 e. The van der Waals surface area contributed by atoms with Crippen LogP contribution in [-0.2, 0) is 17.8 Å². The molecule has 0 aliphatic heterocycles. The number of ether oxygens (including phenoxy) is 1. The Morgan fingerprint density at radius 3 is 2.50 bits per heavy atom. The van der Waals surface area contributed by atoms with Crippen molar-refractivity contribution in [3.8, 4) is 0 Å². The number of likely N-dealkylation sites (N-methyl/N-ethyl adjacent to an activating group) is 1. The molecule has 0 saturated carbocycles. The van der Waals surface area contributed by atoms with Gasteiger partial charge in [0.25, 0.3) is 0 Å². The van der Waals surface area contributed by atoms with Crippen molar-refractivity contribution in [1.29, 1.82) is 0 Å². The Kier molecular flexibility index (Phi) is 6.94. The summed E-state index contributed by atoms with van der Waals surface area (Å²) in [6.07, 6.45) is 0. The molecule has 0 radical (unpaired) electrons. The molecule has 0 unspecified atom stereocenters. The number of nitrogens with two attached hydrogens (primary N) is 1. The summed E-state index contributed by atoms with van der Waals surface area (Å²) < 4.78 is 5.59. The number of hydrogen-bond acceptors (Lipinski definition) is 3. The molecule has 0 saturated heterocycles. The van der Waals surface area contributed by atoms with Gasteiger partial charge in [-0.1, -0.05) is 38.1 Å². The summed E-state index contributed by atoms with van der Waals surface area (Å²) >= 11 is 0. The Morgan fingerprint density at radius 1 is 1.22 bits per heavy atom. The molecule has 1 aromatic rings. The lowest BCUT2D eigenvalue weighted by Gasteiger charge is -2.18. The second-order valence-electron chi connectivity index (χ2n) is 5.18. The number of hydrogen-bond donors (Lipinski definition) is 1. The van der Waals surface area contributed by atoms with Crippen LogP contribution in [0.25, 0.3) is 0 Å². The molecular weight excluding hydrogens is 224 g/mol. The molecule has 3 heteroatoms. The van der Waals surface area contributed by atoms with Crippen molar-refractivity contribution in [1.82, 2.24) is 4.90 Å². The summed E-state index contributed by atoms with van der Waals surface area (Å²) in [4.78, 5) is 2.27. The molecule has 0 amide bonds. The van der Waals surface area contributed by atoms with Gasteiger partial charge in [-0.15, -0.1) is 0 Å². The van der Waals surface area contributed by atoms with Crippen molar-refractivity contribution in [3.63, 3.8) is 0 Å². The van der Waals surface area contributed by atoms with E-state index in [-0.39, 0.29) is 0 Å². The van der Waals surface area contributed by atoms with Crippen molar-refractivity contribution in [3.05, 3.63) is 35.4 Å². The quantitative estimate of drug-likeness (QED) is 0.719. The zero-order valence-electron chi connectivity index (χ0n) is 11.9. The van der Waals surface area contributed by atoms with E-state index in [1.54, 1.807) is 0 Å². The van der Waals surface area contributed by atoms with Crippen molar-refractivity contribution in [2.45, 2.75) is 26.9 Å². The SMILES string of the molecule is CC(C)COCCN(C)Cc1ccccc1CN. The Morgan fingerprint density at radius 2 is 1.89 bits per heavy atom. The highest BCUT2D eigenvalue weighted by Gasteiger charge is 2.04. The topological polar surface area (TPSA) is 38.5 Å². The van der Waals surface area contributed by atoms with Gasteiger partial charge in [0.05, 0.1) is 6.61 Å². The monoisotopic (exact) mass is 250 g/mol. The Labute approximate surface area is 111 Å². The van der Waals surface area contributed by atoms with Crippen molar-refractivity contribution in [2.75, 3.05) is 26.8 Å². The van der Waals surface area contributed by atoms with E-state index in [0.29, 0.717) is 12.5 Å². The van der Waals surface area contributed by atoms with Crippen LogP contribution in [0.5, 0.6) is 0 Å². The molecule has 0 heterocycles. The van der Waals surface area contributed by atoms with E-state index in [1.807, 2.05) is 6.07 Å². The van der Waals surface area contributed by atoms with Crippen molar-refractivity contribution >= 4 is 0 Å². The second-order valence-corrected chi connectivity index (χ2v) is 5.18. The summed E-state index contributed by atoms with van der Waals surface area (Å²) in [5, 5.41) is 0. The molecular formula is C15H26N2O.